The predicted octanol–water partition coefficient (Wildman–Crippen LogP) is 3.02. The third kappa shape index (κ3) is 5.12. The lowest BCUT2D eigenvalue weighted by Crippen LogP contribution is -2.17. The van der Waals surface area contributed by atoms with Crippen molar-refractivity contribution in [3.8, 4) is 5.75 Å². The fourth-order valence-electron chi connectivity index (χ4n) is 1.96. The number of nitrogens with zero attached hydrogens (tertiary/aromatic N) is 1. The van der Waals surface area contributed by atoms with Crippen LogP contribution < -0.4 is 10.1 Å². The van der Waals surface area contributed by atoms with Gasteiger partial charge in [0.15, 0.2) is 0 Å². The van der Waals surface area contributed by atoms with Crippen molar-refractivity contribution in [3.63, 3.8) is 0 Å². The molecule has 114 valence electrons. The van der Waals surface area contributed by atoms with Crippen LogP contribution in [0.2, 0.25) is 0 Å². The smallest absolute Gasteiger partial charge is 0.140 e. The molecule has 0 aliphatic rings. The van der Waals surface area contributed by atoms with Gasteiger partial charge in [-0.3, -0.25) is 0 Å². The zero-order valence-electron chi connectivity index (χ0n) is 12.6. The Morgan fingerprint density at radius 3 is 2.95 bits per heavy atom. The Morgan fingerprint density at radius 1 is 1.29 bits per heavy atom. The molecule has 1 aromatic carbocycles. The van der Waals surface area contributed by atoms with Gasteiger partial charge in [0.1, 0.15) is 17.4 Å². The van der Waals surface area contributed by atoms with Gasteiger partial charge in [0.05, 0.1) is 6.61 Å². The van der Waals surface area contributed by atoms with Crippen LogP contribution in [-0.2, 0) is 24.3 Å². The molecule has 0 saturated heterocycles. The molecule has 0 fully saturated rings. The average molecular weight is 306 g/mol. The van der Waals surface area contributed by atoms with E-state index in [1.165, 1.54) is 10.4 Å². The highest BCUT2D eigenvalue weighted by Gasteiger charge is 2.05. The van der Waals surface area contributed by atoms with Crippen LogP contribution in [0.15, 0.2) is 30.5 Å². The number of thiazole rings is 1. The number of nitrogens with one attached hydrogen (secondary N) is 1. The second-order valence-corrected chi connectivity index (χ2v) is 5.84. The van der Waals surface area contributed by atoms with E-state index in [0.29, 0.717) is 6.61 Å². The van der Waals surface area contributed by atoms with Crippen LogP contribution in [0.3, 0.4) is 0 Å². The zero-order chi connectivity index (χ0) is 14.9. The first-order valence-electron chi connectivity index (χ1n) is 7.17. The molecule has 4 nitrogen and oxygen atoms in total. The van der Waals surface area contributed by atoms with Gasteiger partial charge in [0.25, 0.3) is 0 Å². The molecule has 0 radical (unpaired) electrons. The normalized spacial score (nSPS) is 10.8. The summed E-state index contributed by atoms with van der Waals surface area (Å²) in [5.41, 5.74) is 1.23. The maximum Gasteiger partial charge on any atom is 0.140 e. The van der Waals surface area contributed by atoms with Crippen LogP contribution in [0.1, 0.15) is 22.4 Å². The standard InChI is InChI=1S/C16H22N2O2S/c1-3-13-6-4-5-7-15(13)20-12-16-18-11-14(21-16)10-17-8-9-19-2/h4-7,11,17H,3,8-10,12H2,1-2H3. The highest BCUT2D eigenvalue weighted by atomic mass is 32.1. The van der Waals surface area contributed by atoms with E-state index in [9.17, 15) is 0 Å². The molecule has 5 heteroatoms. The number of hydrogen-bond acceptors (Lipinski definition) is 5. The average Bonchev–Trinajstić information content (AvgIpc) is 2.98. The van der Waals surface area contributed by atoms with Gasteiger partial charge in [-0.05, 0) is 18.1 Å². The van der Waals surface area contributed by atoms with Crippen LogP contribution in [0.4, 0.5) is 0 Å². The Labute approximate surface area is 130 Å². The summed E-state index contributed by atoms with van der Waals surface area (Å²) in [5, 5.41) is 4.32. The summed E-state index contributed by atoms with van der Waals surface area (Å²) in [6.07, 6.45) is 2.89. The van der Waals surface area contributed by atoms with Gasteiger partial charge in [0.2, 0.25) is 0 Å². The first-order valence-corrected chi connectivity index (χ1v) is 7.99. The minimum atomic E-state index is 0.528. The van der Waals surface area contributed by atoms with Crippen LogP contribution in [0, 0.1) is 0 Å². The van der Waals surface area contributed by atoms with E-state index in [4.69, 9.17) is 9.47 Å². The SMILES string of the molecule is CCc1ccccc1OCc1ncc(CNCCOC)s1. The first-order chi connectivity index (χ1) is 10.3. The lowest BCUT2D eigenvalue weighted by atomic mass is 10.1. The topological polar surface area (TPSA) is 43.4 Å². The number of methoxy groups -OCH3 is 1. The molecule has 21 heavy (non-hydrogen) atoms. The Hall–Kier alpha value is -1.43. The second kappa shape index (κ2) is 8.77. The van der Waals surface area contributed by atoms with E-state index in [1.807, 2.05) is 24.4 Å². The van der Waals surface area contributed by atoms with Crippen LogP contribution in [0.25, 0.3) is 0 Å². The Bertz CT molecular complexity index is 543. The molecular weight excluding hydrogens is 284 g/mol. The summed E-state index contributed by atoms with van der Waals surface area (Å²) in [4.78, 5) is 5.62. The lowest BCUT2D eigenvalue weighted by Gasteiger charge is -2.08. The third-order valence-corrected chi connectivity index (χ3v) is 4.06. The van der Waals surface area contributed by atoms with Crippen molar-refractivity contribution in [1.29, 1.82) is 0 Å². The number of para-hydroxylation sites is 1. The molecule has 0 unspecified atom stereocenters. The van der Waals surface area contributed by atoms with E-state index in [0.717, 1.165) is 36.9 Å². The molecule has 0 atom stereocenters. The molecule has 2 aromatic rings. The quantitative estimate of drug-likeness (QED) is 0.723. The molecule has 1 heterocycles. The fourth-order valence-corrected chi connectivity index (χ4v) is 2.76. The monoisotopic (exact) mass is 306 g/mol. The van der Waals surface area contributed by atoms with Gasteiger partial charge in [-0.15, -0.1) is 11.3 Å². The summed E-state index contributed by atoms with van der Waals surface area (Å²) in [6, 6.07) is 8.16. The van der Waals surface area contributed by atoms with Gasteiger partial charge in [-0.25, -0.2) is 4.98 Å². The van der Waals surface area contributed by atoms with Gasteiger partial charge < -0.3 is 14.8 Å². The van der Waals surface area contributed by atoms with Crippen molar-refractivity contribution >= 4 is 11.3 Å². The maximum absolute atomic E-state index is 5.88. The minimum Gasteiger partial charge on any atom is -0.486 e. The molecule has 0 aliphatic heterocycles. The fraction of sp³-hybridized carbons (Fsp3) is 0.438. The van der Waals surface area contributed by atoms with Crippen molar-refractivity contribution in [2.24, 2.45) is 0 Å². The molecule has 0 saturated carbocycles. The minimum absolute atomic E-state index is 0.528. The van der Waals surface area contributed by atoms with Gasteiger partial charge in [0, 0.05) is 31.3 Å². The number of benzene rings is 1. The van der Waals surface area contributed by atoms with Crippen molar-refractivity contribution in [1.82, 2.24) is 10.3 Å². The van der Waals surface area contributed by atoms with Crippen molar-refractivity contribution < 1.29 is 9.47 Å². The summed E-state index contributed by atoms with van der Waals surface area (Å²) in [6.45, 7) is 5.06. The lowest BCUT2D eigenvalue weighted by molar-refractivity contribution is 0.199. The third-order valence-electron chi connectivity index (χ3n) is 3.09. The van der Waals surface area contributed by atoms with E-state index in [-0.39, 0.29) is 0 Å². The van der Waals surface area contributed by atoms with E-state index in [1.54, 1.807) is 18.4 Å². The Kier molecular flexibility index (Phi) is 6.66. The highest BCUT2D eigenvalue weighted by Crippen LogP contribution is 2.21. The van der Waals surface area contributed by atoms with E-state index >= 15 is 0 Å². The molecule has 1 aromatic heterocycles. The molecule has 1 N–H and O–H groups in total. The largest absolute Gasteiger partial charge is 0.486 e. The van der Waals surface area contributed by atoms with Gasteiger partial charge in [-0.1, -0.05) is 25.1 Å². The molecule has 0 amide bonds. The van der Waals surface area contributed by atoms with Crippen molar-refractivity contribution in [3.05, 3.63) is 45.9 Å². The molecule has 2 rings (SSSR count). The molecule has 0 spiro atoms. The molecular formula is C16H22N2O2S. The predicted molar refractivity (Wildman–Crippen MR) is 85.8 cm³/mol. The van der Waals surface area contributed by atoms with Gasteiger partial charge in [-0.2, -0.15) is 0 Å². The Balaban J connectivity index is 1.82. The summed E-state index contributed by atoms with van der Waals surface area (Å²) in [7, 11) is 1.71. The van der Waals surface area contributed by atoms with Crippen LogP contribution in [-0.4, -0.2) is 25.2 Å². The summed E-state index contributed by atoms with van der Waals surface area (Å²) < 4.78 is 10.9. The van der Waals surface area contributed by atoms with Crippen molar-refractivity contribution in [2.45, 2.75) is 26.5 Å². The Morgan fingerprint density at radius 2 is 2.14 bits per heavy atom. The molecule has 0 bridgehead atoms. The summed E-state index contributed by atoms with van der Waals surface area (Å²) >= 11 is 1.68. The zero-order valence-corrected chi connectivity index (χ0v) is 13.4. The van der Waals surface area contributed by atoms with Crippen LogP contribution in [0.5, 0.6) is 5.75 Å². The number of ether oxygens (including phenoxy) is 2. The number of rotatable bonds is 9. The highest BCUT2D eigenvalue weighted by molar-refractivity contribution is 7.11. The second-order valence-electron chi connectivity index (χ2n) is 4.64. The number of aromatic nitrogens is 1. The van der Waals surface area contributed by atoms with E-state index < -0.39 is 0 Å². The maximum atomic E-state index is 5.88. The molecule has 0 aliphatic carbocycles. The van der Waals surface area contributed by atoms with Gasteiger partial charge >= 0.3 is 0 Å². The van der Waals surface area contributed by atoms with E-state index in [2.05, 4.69) is 23.3 Å². The summed E-state index contributed by atoms with van der Waals surface area (Å²) in [5.74, 6) is 0.954. The van der Waals surface area contributed by atoms with Crippen LogP contribution >= 0.6 is 11.3 Å². The van der Waals surface area contributed by atoms with Crippen molar-refractivity contribution in [2.75, 3.05) is 20.3 Å². The number of aryl methyl sites for hydroxylation is 1. The first kappa shape index (κ1) is 15.9. The number of hydrogen-bond donors (Lipinski definition) is 1.